The number of imidazole rings is 1. The number of H-pyrrole nitrogens is 2. The van der Waals surface area contributed by atoms with Gasteiger partial charge in [-0.25, -0.2) is 22.8 Å². The molecule has 4 aromatic heterocycles. The molecule has 2 aromatic carbocycles. The van der Waals surface area contributed by atoms with Crippen LogP contribution in [-0.4, -0.2) is 50.6 Å². The van der Waals surface area contributed by atoms with Gasteiger partial charge in [-0.05, 0) is 53.9 Å². The molecule has 6 aromatic rings. The van der Waals surface area contributed by atoms with Crippen LogP contribution in [0.2, 0.25) is 0 Å². The molecule has 4 heterocycles. The number of aromatic nitrogens is 6. The number of para-hydroxylation sites is 1. The van der Waals surface area contributed by atoms with Gasteiger partial charge < -0.3 is 10.7 Å². The number of rotatable bonds is 6. The van der Waals surface area contributed by atoms with E-state index in [1.165, 1.54) is 18.4 Å². The van der Waals surface area contributed by atoms with Crippen molar-refractivity contribution in [3.8, 4) is 33.9 Å². The van der Waals surface area contributed by atoms with Crippen molar-refractivity contribution in [2.45, 2.75) is 6.42 Å². The second-order valence-corrected chi connectivity index (χ2v) is 11.4. The zero-order chi connectivity index (χ0) is 26.4. The fourth-order valence-corrected chi connectivity index (χ4v) is 5.06. The number of benzene rings is 2. The molecule has 38 heavy (non-hydrogen) atoms. The van der Waals surface area contributed by atoms with Crippen LogP contribution in [0.15, 0.2) is 67.0 Å². The third kappa shape index (κ3) is 4.59. The summed E-state index contributed by atoms with van der Waals surface area (Å²) in [6.07, 6.45) is 4.66. The van der Waals surface area contributed by atoms with Gasteiger partial charge in [-0.3, -0.25) is 10.1 Å². The molecule has 11 heteroatoms. The smallest absolute Gasteiger partial charge is 0.161 e. The van der Waals surface area contributed by atoms with Crippen molar-refractivity contribution in [1.82, 2.24) is 30.1 Å². The molecule has 0 amide bonds. The minimum Gasteiger partial charge on any atom is -0.397 e. The summed E-state index contributed by atoms with van der Waals surface area (Å²) in [5.41, 5.74) is 13.1. The van der Waals surface area contributed by atoms with Crippen molar-refractivity contribution in [2.24, 2.45) is 0 Å². The highest BCUT2D eigenvalue weighted by molar-refractivity contribution is 7.90. The van der Waals surface area contributed by atoms with E-state index < -0.39 is 15.7 Å². The third-order valence-corrected chi connectivity index (χ3v) is 7.18. The van der Waals surface area contributed by atoms with Crippen LogP contribution in [-0.2, 0) is 16.3 Å². The summed E-state index contributed by atoms with van der Waals surface area (Å²) in [6, 6.07) is 15.7. The molecule has 0 bridgehead atoms. The molecule has 9 nitrogen and oxygen atoms in total. The molecule has 0 saturated heterocycles. The number of hydrogen-bond donors (Lipinski definition) is 3. The number of halogens is 1. The Morgan fingerprint density at radius 3 is 2.63 bits per heavy atom. The van der Waals surface area contributed by atoms with Crippen LogP contribution in [0.5, 0.6) is 0 Å². The standard InChI is InChI=1S/C27H22FN7O2S/c1-38(36,37)8-7-15-9-16(11-18(28)10-15)20-3-2-4-22-24(20)33-27(32-22)26-25-23(34-35-26)6-5-21(31-25)17-12-19(29)14-30-13-17/h2-6,9-14H,7-8,29H2,1H3,(H,32,33)(H,34,35). The second kappa shape index (κ2) is 9.03. The summed E-state index contributed by atoms with van der Waals surface area (Å²) in [7, 11) is -3.18. The largest absolute Gasteiger partial charge is 0.397 e. The molecule has 6 rings (SSSR count). The predicted octanol–water partition coefficient (Wildman–Crippen LogP) is 4.54. The monoisotopic (exact) mass is 527 g/mol. The topological polar surface area (TPSA) is 143 Å². The van der Waals surface area contributed by atoms with E-state index in [1.54, 1.807) is 24.5 Å². The number of nitrogens with zero attached hydrogens (tertiary/aromatic N) is 4. The van der Waals surface area contributed by atoms with Crippen molar-refractivity contribution in [3.05, 3.63) is 78.4 Å². The van der Waals surface area contributed by atoms with E-state index in [-0.39, 0.29) is 12.2 Å². The molecule has 190 valence electrons. The average molecular weight is 528 g/mol. The van der Waals surface area contributed by atoms with E-state index >= 15 is 0 Å². The van der Waals surface area contributed by atoms with Crippen molar-refractivity contribution in [3.63, 3.8) is 0 Å². The van der Waals surface area contributed by atoms with Gasteiger partial charge in [0.05, 0.1) is 33.7 Å². The fourth-order valence-electron chi connectivity index (χ4n) is 4.45. The molecule has 4 N–H and O–H groups in total. The summed E-state index contributed by atoms with van der Waals surface area (Å²) >= 11 is 0. The second-order valence-electron chi connectivity index (χ2n) is 9.19. The van der Waals surface area contributed by atoms with Gasteiger partial charge in [-0.2, -0.15) is 5.10 Å². The lowest BCUT2D eigenvalue weighted by molar-refractivity contribution is 0.600. The molecule has 0 aliphatic rings. The van der Waals surface area contributed by atoms with Gasteiger partial charge >= 0.3 is 0 Å². The number of anilines is 1. The van der Waals surface area contributed by atoms with Gasteiger partial charge in [0.15, 0.2) is 11.5 Å². The van der Waals surface area contributed by atoms with E-state index in [0.717, 1.165) is 16.6 Å². The summed E-state index contributed by atoms with van der Waals surface area (Å²) < 4.78 is 37.8. The highest BCUT2D eigenvalue weighted by Gasteiger charge is 2.17. The van der Waals surface area contributed by atoms with Crippen molar-refractivity contribution >= 4 is 37.6 Å². The molecule has 0 spiro atoms. The number of pyridine rings is 2. The van der Waals surface area contributed by atoms with Crippen LogP contribution in [0, 0.1) is 5.82 Å². The lowest BCUT2D eigenvalue weighted by atomic mass is 10.0. The Morgan fingerprint density at radius 2 is 1.82 bits per heavy atom. The molecule has 0 atom stereocenters. The van der Waals surface area contributed by atoms with Crippen LogP contribution in [0.3, 0.4) is 0 Å². The van der Waals surface area contributed by atoms with Crippen LogP contribution in [0.25, 0.3) is 56.0 Å². The Balaban J connectivity index is 1.43. The van der Waals surface area contributed by atoms with Crippen LogP contribution >= 0.6 is 0 Å². The number of hydrogen-bond acceptors (Lipinski definition) is 7. The molecule has 0 fully saturated rings. The predicted molar refractivity (Wildman–Crippen MR) is 145 cm³/mol. The maximum atomic E-state index is 14.5. The Morgan fingerprint density at radius 1 is 0.947 bits per heavy atom. The minimum absolute atomic E-state index is 0.0560. The summed E-state index contributed by atoms with van der Waals surface area (Å²) in [6.45, 7) is 0. The molecule has 0 radical (unpaired) electrons. The van der Waals surface area contributed by atoms with Crippen LogP contribution in [0.1, 0.15) is 5.56 Å². The molecule has 0 unspecified atom stereocenters. The zero-order valence-electron chi connectivity index (χ0n) is 20.2. The Bertz CT molecular complexity index is 1950. The zero-order valence-corrected chi connectivity index (χ0v) is 21.1. The first-order valence-electron chi connectivity index (χ1n) is 11.8. The highest BCUT2D eigenvalue weighted by atomic mass is 32.2. The van der Waals surface area contributed by atoms with Crippen molar-refractivity contribution in [2.75, 3.05) is 17.7 Å². The van der Waals surface area contributed by atoms with Gasteiger partial charge in [0, 0.05) is 29.8 Å². The van der Waals surface area contributed by atoms with Gasteiger partial charge in [0.25, 0.3) is 0 Å². The van der Waals surface area contributed by atoms with Crippen LogP contribution in [0.4, 0.5) is 10.1 Å². The fraction of sp³-hybridized carbons (Fsp3) is 0.111. The Kier molecular flexibility index (Phi) is 5.64. The van der Waals surface area contributed by atoms with E-state index in [1.807, 2.05) is 30.3 Å². The first-order chi connectivity index (χ1) is 18.2. The molecule has 0 aliphatic carbocycles. The maximum absolute atomic E-state index is 14.5. The minimum atomic E-state index is -3.18. The number of aromatic amines is 2. The first kappa shape index (κ1) is 23.7. The Hall–Kier alpha value is -4.64. The first-order valence-corrected chi connectivity index (χ1v) is 13.8. The number of nitrogen functional groups attached to an aromatic ring is 1. The highest BCUT2D eigenvalue weighted by Crippen LogP contribution is 2.32. The number of nitrogens with one attached hydrogen (secondary N) is 2. The SMILES string of the molecule is CS(=O)(=O)CCc1cc(F)cc(-c2cccc3[nH]c(-c4n[nH]c5ccc(-c6cncc(N)c6)nc45)nc23)c1. The summed E-state index contributed by atoms with van der Waals surface area (Å²) in [5.74, 6) is 0.00653. The number of fused-ring (bicyclic) bond motifs is 2. The van der Waals surface area contributed by atoms with E-state index in [4.69, 9.17) is 15.7 Å². The van der Waals surface area contributed by atoms with E-state index in [9.17, 15) is 12.8 Å². The van der Waals surface area contributed by atoms with Crippen LogP contribution < -0.4 is 5.73 Å². The van der Waals surface area contributed by atoms with Gasteiger partial charge in [0.2, 0.25) is 0 Å². The lowest BCUT2D eigenvalue weighted by Crippen LogP contribution is -2.06. The normalized spacial score (nSPS) is 11.9. The summed E-state index contributed by atoms with van der Waals surface area (Å²) in [4.78, 5) is 17.1. The molecular weight excluding hydrogens is 505 g/mol. The number of aryl methyl sites for hydroxylation is 1. The number of nitrogens with two attached hydrogens (primary N) is 1. The van der Waals surface area contributed by atoms with Gasteiger partial charge in [-0.1, -0.05) is 18.2 Å². The quantitative estimate of drug-likeness (QED) is 0.288. The van der Waals surface area contributed by atoms with Crippen molar-refractivity contribution < 1.29 is 12.8 Å². The Labute approximate surface area is 216 Å². The van der Waals surface area contributed by atoms with Gasteiger partial charge in [-0.15, -0.1) is 0 Å². The molecule has 0 aliphatic heterocycles. The molecular formula is C27H22FN7O2S. The van der Waals surface area contributed by atoms with E-state index in [2.05, 4.69) is 20.2 Å². The number of sulfone groups is 1. The maximum Gasteiger partial charge on any atom is 0.161 e. The lowest BCUT2D eigenvalue weighted by Gasteiger charge is -2.07. The van der Waals surface area contributed by atoms with Gasteiger partial charge in [0.1, 0.15) is 21.2 Å². The third-order valence-electron chi connectivity index (χ3n) is 6.23. The molecule has 0 saturated carbocycles. The summed E-state index contributed by atoms with van der Waals surface area (Å²) in [5, 5.41) is 7.45. The van der Waals surface area contributed by atoms with Crippen molar-refractivity contribution in [1.29, 1.82) is 0 Å². The average Bonchev–Trinajstić information content (AvgIpc) is 3.50. The van der Waals surface area contributed by atoms with E-state index in [0.29, 0.717) is 50.6 Å².